The molecule has 31 heavy (non-hydrogen) atoms. The minimum absolute atomic E-state index is 0.0743. The number of methoxy groups -OCH3 is 1. The molecule has 1 aromatic heterocycles. The predicted molar refractivity (Wildman–Crippen MR) is 119 cm³/mol. The van der Waals surface area contributed by atoms with Crippen molar-refractivity contribution in [2.75, 3.05) is 7.11 Å². The standard InChI is InChI=1S/C25H25NO5/c1-17-11-12-20(16-23(17)30-3)24(27)22-10-6-14-26(22)13-5-8-19-7-4-9-21(15-19)31-18(2)25(28)29/h4-12,14-16,18H,13H2,1-3H3,(H,28,29). The van der Waals surface area contributed by atoms with Crippen LogP contribution < -0.4 is 9.47 Å². The lowest BCUT2D eigenvalue weighted by atomic mass is 10.1. The van der Waals surface area contributed by atoms with E-state index in [1.165, 1.54) is 6.92 Å². The Kier molecular flexibility index (Phi) is 6.92. The van der Waals surface area contributed by atoms with E-state index >= 15 is 0 Å². The molecule has 0 radical (unpaired) electrons. The maximum Gasteiger partial charge on any atom is 0.344 e. The highest BCUT2D eigenvalue weighted by molar-refractivity contribution is 6.08. The SMILES string of the molecule is COc1cc(C(=O)c2cccn2CC=Cc2cccc(OC(C)C(=O)O)c2)ccc1C. The minimum atomic E-state index is -1.02. The fraction of sp³-hybridized carbons (Fsp3) is 0.200. The van der Waals surface area contributed by atoms with E-state index in [0.29, 0.717) is 29.3 Å². The summed E-state index contributed by atoms with van der Waals surface area (Å²) in [6.07, 6.45) is 4.78. The van der Waals surface area contributed by atoms with Gasteiger partial charge in [0.05, 0.1) is 12.8 Å². The lowest BCUT2D eigenvalue weighted by Gasteiger charge is -2.10. The van der Waals surface area contributed by atoms with Crippen molar-refractivity contribution in [3.8, 4) is 11.5 Å². The molecule has 3 rings (SSSR count). The number of nitrogens with zero attached hydrogens (tertiary/aromatic N) is 1. The van der Waals surface area contributed by atoms with Gasteiger partial charge in [0.15, 0.2) is 6.10 Å². The molecular formula is C25H25NO5. The zero-order chi connectivity index (χ0) is 22.4. The Morgan fingerprint density at radius 1 is 1.13 bits per heavy atom. The highest BCUT2D eigenvalue weighted by Gasteiger charge is 2.15. The van der Waals surface area contributed by atoms with Crippen LogP contribution in [0.4, 0.5) is 0 Å². The van der Waals surface area contributed by atoms with Gasteiger partial charge in [0.25, 0.3) is 0 Å². The Hall–Kier alpha value is -3.80. The first-order valence-corrected chi connectivity index (χ1v) is 9.89. The molecule has 1 heterocycles. The summed E-state index contributed by atoms with van der Waals surface area (Å²) in [5.74, 6) is 0.0806. The predicted octanol–water partition coefficient (Wildman–Crippen LogP) is 4.60. The molecule has 0 saturated carbocycles. The van der Waals surface area contributed by atoms with Gasteiger partial charge in [-0.3, -0.25) is 4.79 Å². The number of carbonyl (C=O) groups is 2. The molecule has 6 nitrogen and oxygen atoms in total. The van der Waals surface area contributed by atoms with Crippen molar-refractivity contribution in [3.05, 3.63) is 89.3 Å². The van der Waals surface area contributed by atoms with Gasteiger partial charge in [0.2, 0.25) is 5.78 Å². The number of ether oxygens (including phenoxy) is 2. The van der Waals surface area contributed by atoms with Crippen molar-refractivity contribution in [3.63, 3.8) is 0 Å². The smallest absolute Gasteiger partial charge is 0.344 e. The van der Waals surface area contributed by atoms with E-state index in [9.17, 15) is 9.59 Å². The highest BCUT2D eigenvalue weighted by Crippen LogP contribution is 2.21. The van der Waals surface area contributed by atoms with Gasteiger partial charge < -0.3 is 19.1 Å². The Bertz CT molecular complexity index is 1110. The molecule has 0 bridgehead atoms. The molecule has 0 aliphatic rings. The van der Waals surface area contributed by atoms with Crippen LogP contribution in [0.2, 0.25) is 0 Å². The average Bonchev–Trinajstić information content (AvgIpc) is 3.22. The maximum absolute atomic E-state index is 13.0. The van der Waals surface area contributed by atoms with Gasteiger partial charge in [-0.2, -0.15) is 0 Å². The molecular weight excluding hydrogens is 394 g/mol. The van der Waals surface area contributed by atoms with Crippen molar-refractivity contribution >= 4 is 17.8 Å². The number of aromatic nitrogens is 1. The highest BCUT2D eigenvalue weighted by atomic mass is 16.5. The Labute approximate surface area is 181 Å². The number of carbonyl (C=O) groups excluding carboxylic acids is 1. The normalized spacial score (nSPS) is 12.0. The molecule has 0 aliphatic carbocycles. The molecule has 0 aliphatic heterocycles. The van der Waals surface area contributed by atoms with E-state index < -0.39 is 12.1 Å². The van der Waals surface area contributed by atoms with Gasteiger partial charge in [-0.15, -0.1) is 0 Å². The number of carboxylic acid groups (broad SMARTS) is 1. The zero-order valence-electron chi connectivity index (χ0n) is 17.7. The first kappa shape index (κ1) is 21.9. The third-order valence-corrected chi connectivity index (χ3v) is 4.86. The van der Waals surface area contributed by atoms with E-state index in [2.05, 4.69) is 0 Å². The third kappa shape index (κ3) is 5.42. The number of allylic oxidation sites excluding steroid dienone is 1. The van der Waals surface area contributed by atoms with Gasteiger partial charge >= 0.3 is 5.97 Å². The largest absolute Gasteiger partial charge is 0.496 e. The van der Waals surface area contributed by atoms with Crippen LogP contribution in [0.1, 0.15) is 34.1 Å². The van der Waals surface area contributed by atoms with Gasteiger partial charge in [0, 0.05) is 18.3 Å². The fourth-order valence-corrected chi connectivity index (χ4v) is 3.14. The van der Waals surface area contributed by atoms with Gasteiger partial charge in [0.1, 0.15) is 11.5 Å². The molecule has 1 atom stereocenters. The van der Waals surface area contributed by atoms with Crippen LogP contribution in [-0.4, -0.2) is 34.6 Å². The van der Waals surface area contributed by atoms with Crippen molar-refractivity contribution in [2.24, 2.45) is 0 Å². The number of rotatable bonds is 9. The molecule has 6 heteroatoms. The summed E-state index contributed by atoms with van der Waals surface area (Å²) in [6.45, 7) is 3.93. The Morgan fingerprint density at radius 2 is 1.94 bits per heavy atom. The van der Waals surface area contributed by atoms with Crippen LogP contribution in [0.25, 0.3) is 6.08 Å². The number of carboxylic acids is 1. The van der Waals surface area contributed by atoms with Gasteiger partial charge in [-0.1, -0.05) is 36.4 Å². The molecule has 2 aromatic carbocycles. The summed E-state index contributed by atoms with van der Waals surface area (Å²) in [5, 5.41) is 8.98. The number of aryl methyl sites for hydroxylation is 1. The molecule has 3 aromatic rings. The molecule has 0 fully saturated rings. The Balaban J connectivity index is 1.72. The summed E-state index contributed by atoms with van der Waals surface area (Å²) in [4.78, 5) is 23.9. The van der Waals surface area contributed by atoms with E-state index in [1.54, 1.807) is 43.5 Å². The lowest BCUT2D eigenvalue weighted by Crippen LogP contribution is -2.22. The first-order valence-electron chi connectivity index (χ1n) is 9.89. The molecule has 160 valence electrons. The molecule has 0 saturated heterocycles. The van der Waals surface area contributed by atoms with Crippen molar-refractivity contribution in [1.82, 2.24) is 4.57 Å². The summed E-state index contributed by atoms with van der Waals surface area (Å²) in [6, 6.07) is 16.3. The zero-order valence-corrected chi connectivity index (χ0v) is 17.7. The van der Waals surface area contributed by atoms with E-state index in [-0.39, 0.29) is 5.78 Å². The van der Waals surface area contributed by atoms with E-state index in [4.69, 9.17) is 14.6 Å². The topological polar surface area (TPSA) is 77.8 Å². The lowest BCUT2D eigenvalue weighted by molar-refractivity contribution is -0.144. The number of hydrogen-bond acceptors (Lipinski definition) is 4. The fourth-order valence-electron chi connectivity index (χ4n) is 3.14. The summed E-state index contributed by atoms with van der Waals surface area (Å²) >= 11 is 0. The number of ketones is 1. The second-order valence-corrected chi connectivity index (χ2v) is 7.13. The van der Waals surface area contributed by atoms with Crippen LogP contribution in [0.15, 0.2) is 66.9 Å². The average molecular weight is 419 g/mol. The number of benzene rings is 2. The van der Waals surface area contributed by atoms with Crippen LogP contribution in [0.5, 0.6) is 11.5 Å². The van der Waals surface area contributed by atoms with Crippen LogP contribution in [0, 0.1) is 6.92 Å². The Morgan fingerprint density at radius 3 is 2.68 bits per heavy atom. The van der Waals surface area contributed by atoms with Crippen molar-refractivity contribution in [2.45, 2.75) is 26.5 Å². The number of aliphatic carboxylic acids is 1. The van der Waals surface area contributed by atoms with Crippen molar-refractivity contribution < 1.29 is 24.2 Å². The summed E-state index contributed by atoms with van der Waals surface area (Å²) < 4.78 is 12.6. The van der Waals surface area contributed by atoms with Gasteiger partial charge in [-0.05, 0) is 55.3 Å². The summed E-state index contributed by atoms with van der Waals surface area (Å²) in [7, 11) is 1.59. The van der Waals surface area contributed by atoms with Crippen LogP contribution in [-0.2, 0) is 11.3 Å². The third-order valence-electron chi connectivity index (χ3n) is 4.86. The maximum atomic E-state index is 13.0. The molecule has 1 N–H and O–H groups in total. The molecule has 0 spiro atoms. The van der Waals surface area contributed by atoms with Gasteiger partial charge in [-0.25, -0.2) is 4.79 Å². The second-order valence-electron chi connectivity index (χ2n) is 7.13. The molecule has 1 unspecified atom stereocenters. The van der Waals surface area contributed by atoms with E-state index in [0.717, 1.165) is 11.1 Å². The summed E-state index contributed by atoms with van der Waals surface area (Å²) in [5.41, 5.74) is 3.01. The van der Waals surface area contributed by atoms with Crippen LogP contribution >= 0.6 is 0 Å². The van der Waals surface area contributed by atoms with Crippen LogP contribution in [0.3, 0.4) is 0 Å². The number of hydrogen-bond donors (Lipinski definition) is 1. The first-order chi connectivity index (χ1) is 14.9. The molecule has 0 amide bonds. The quantitative estimate of drug-likeness (QED) is 0.513. The minimum Gasteiger partial charge on any atom is -0.496 e. The second kappa shape index (κ2) is 9.80. The monoisotopic (exact) mass is 419 g/mol. The van der Waals surface area contributed by atoms with Crippen molar-refractivity contribution in [1.29, 1.82) is 0 Å². The van der Waals surface area contributed by atoms with E-state index in [1.807, 2.05) is 48.0 Å².